The second-order valence-electron chi connectivity index (χ2n) is 7.67. The predicted octanol–water partition coefficient (Wildman–Crippen LogP) is 5.99. The monoisotopic (exact) mass is 549 g/mol. The molecule has 1 atom stereocenters. The van der Waals surface area contributed by atoms with Crippen LogP contribution in [0.15, 0.2) is 47.6 Å². The molecule has 2 amide bonds. The Bertz CT molecular complexity index is 1170. The average molecular weight is 549 g/mol. The van der Waals surface area contributed by atoms with Crippen molar-refractivity contribution >= 4 is 34.3 Å². The molecule has 0 fully saturated rings. The van der Waals surface area contributed by atoms with Gasteiger partial charge in [0.1, 0.15) is 0 Å². The van der Waals surface area contributed by atoms with Gasteiger partial charge in [0, 0.05) is 11.3 Å². The number of hydrogen-bond donors (Lipinski definition) is 1. The van der Waals surface area contributed by atoms with Gasteiger partial charge in [0.15, 0.2) is 11.5 Å². The van der Waals surface area contributed by atoms with Gasteiger partial charge in [0.25, 0.3) is 0 Å². The summed E-state index contributed by atoms with van der Waals surface area (Å²) in [6, 6.07) is 9.77. The average Bonchev–Trinajstić information content (AvgIpc) is 2.85. The fourth-order valence-corrected chi connectivity index (χ4v) is 4.24. The molecular formula is C23H21F6N3O4S. The largest absolute Gasteiger partial charge is 0.493 e. The van der Waals surface area contributed by atoms with Crippen molar-refractivity contribution in [2.45, 2.75) is 37.2 Å². The van der Waals surface area contributed by atoms with Gasteiger partial charge in [-0.15, -0.1) is 0 Å². The third kappa shape index (κ3) is 6.29. The lowest BCUT2D eigenvalue weighted by Gasteiger charge is -2.28. The minimum atomic E-state index is -6.03. The molecule has 0 bridgehead atoms. The third-order valence-corrected chi connectivity index (χ3v) is 6.47. The molecule has 0 aromatic heterocycles. The Morgan fingerprint density at radius 2 is 1.78 bits per heavy atom. The number of carbonyl (C=O) groups excluding carboxylic acids is 2. The van der Waals surface area contributed by atoms with Crippen LogP contribution in [0.25, 0.3) is 0 Å². The second kappa shape index (κ2) is 11.3. The number of hydrazone groups is 1. The molecule has 0 aliphatic carbocycles. The minimum Gasteiger partial charge on any atom is -0.493 e. The Morgan fingerprint density at radius 1 is 1.11 bits per heavy atom. The molecule has 0 radical (unpaired) electrons. The lowest BCUT2D eigenvalue weighted by molar-refractivity contribution is -0.267. The Labute approximate surface area is 211 Å². The molecule has 0 saturated carbocycles. The number of rotatable bonds is 9. The molecule has 0 spiro atoms. The molecule has 2 aromatic rings. The van der Waals surface area contributed by atoms with E-state index < -0.39 is 24.9 Å². The summed E-state index contributed by atoms with van der Waals surface area (Å²) in [6.07, 6.45) is -5.47. The lowest BCUT2D eigenvalue weighted by atomic mass is 10.0. The van der Waals surface area contributed by atoms with Gasteiger partial charge < -0.3 is 14.8 Å². The molecule has 2 aromatic carbocycles. The van der Waals surface area contributed by atoms with E-state index in [2.05, 4.69) is 5.10 Å². The first-order valence-electron chi connectivity index (χ1n) is 10.7. The molecule has 1 aliphatic rings. The quantitative estimate of drug-likeness (QED) is 0.389. The van der Waals surface area contributed by atoms with Crippen LogP contribution in [0, 0.1) is 0 Å². The second-order valence-corrected chi connectivity index (χ2v) is 8.82. The Balaban J connectivity index is 1.81. The minimum absolute atomic E-state index is 0.0529. The van der Waals surface area contributed by atoms with Crippen molar-refractivity contribution in [1.29, 1.82) is 0 Å². The summed E-state index contributed by atoms with van der Waals surface area (Å²) in [5, 5.41) is 6.48. The standard InChI is InChI=1S/C23H21F6N3O4S/c1-3-18-19(14-6-9-16(35-2)17(10-14)36-12-24)31-32(21(34)37-18)11-13-4-7-15(8-5-13)30-20(33)22(25,26)23(27,28)29/h4-10,18H,3,11-12H2,1-2H3,(H,30,33). The summed E-state index contributed by atoms with van der Waals surface area (Å²) in [4.78, 5) is 24.0. The van der Waals surface area contributed by atoms with E-state index in [0.717, 1.165) is 28.9 Å². The van der Waals surface area contributed by atoms with Crippen molar-refractivity contribution in [1.82, 2.24) is 5.01 Å². The van der Waals surface area contributed by atoms with Crippen LogP contribution in [-0.4, -0.2) is 53.2 Å². The summed E-state index contributed by atoms with van der Waals surface area (Å²) in [5.41, 5.74) is 1.27. The number of thioether (sulfide) groups is 1. The number of amides is 2. The van der Waals surface area contributed by atoms with Crippen LogP contribution < -0.4 is 14.8 Å². The highest BCUT2D eigenvalue weighted by Crippen LogP contribution is 2.37. The first kappa shape index (κ1) is 28.2. The highest BCUT2D eigenvalue weighted by Gasteiger charge is 2.63. The normalized spacial score (nSPS) is 16.3. The van der Waals surface area contributed by atoms with Crippen LogP contribution in [0.2, 0.25) is 0 Å². The fourth-order valence-electron chi connectivity index (χ4n) is 3.31. The number of anilines is 1. The summed E-state index contributed by atoms with van der Waals surface area (Å²) < 4.78 is 86.3. The van der Waals surface area contributed by atoms with E-state index in [1.165, 1.54) is 24.6 Å². The van der Waals surface area contributed by atoms with Crippen LogP contribution in [0.5, 0.6) is 11.5 Å². The number of nitrogens with zero attached hydrogens (tertiary/aromatic N) is 2. The van der Waals surface area contributed by atoms with Gasteiger partial charge in [-0.3, -0.25) is 9.59 Å². The highest BCUT2D eigenvalue weighted by molar-refractivity contribution is 8.14. The van der Waals surface area contributed by atoms with Crippen LogP contribution >= 0.6 is 11.8 Å². The number of ether oxygens (including phenoxy) is 2. The number of nitrogens with one attached hydrogen (secondary N) is 1. The van der Waals surface area contributed by atoms with Gasteiger partial charge in [-0.2, -0.15) is 27.1 Å². The smallest absolute Gasteiger partial charge is 0.463 e. The van der Waals surface area contributed by atoms with Crippen LogP contribution in [-0.2, 0) is 11.3 Å². The van der Waals surface area contributed by atoms with Gasteiger partial charge in [-0.25, -0.2) is 9.40 Å². The van der Waals surface area contributed by atoms with Gasteiger partial charge in [0.2, 0.25) is 6.86 Å². The number of carbonyl (C=O) groups is 2. The fraction of sp³-hybridized carbons (Fsp3) is 0.348. The molecule has 7 nitrogen and oxygen atoms in total. The number of benzene rings is 2. The van der Waals surface area contributed by atoms with Crippen molar-refractivity contribution in [3.05, 3.63) is 53.6 Å². The van der Waals surface area contributed by atoms with Gasteiger partial charge >= 0.3 is 23.2 Å². The molecule has 3 rings (SSSR count). The molecule has 1 N–H and O–H groups in total. The van der Waals surface area contributed by atoms with Crippen LogP contribution in [0.1, 0.15) is 24.5 Å². The summed E-state index contributed by atoms with van der Waals surface area (Å²) in [7, 11) is 1.40. The van der Waals surface area contributed by atoms with Gasteiger partial charge in [-0.05, 0) is 42.3 Å². The van der Waals surface area contributed by atoms with Crippen molar-refractivity contribution < 1.29 is 45.4 Å². The van der Waals surface area contributed by atoms with E-state index in [0.29, 0.717) is 29.0 Å². The van der Waals surface area contributed by atoms with Crippen molar-refractivity contribution in [3.63, 3.8) is 0 Å². The first-order chi connectivity index (χ1) is 17.4. The Morgan fingerprint density at radius 3 is 2.35 bits per heavy atom. The van der Waals surface area contributed by atoms with Crippen LogP contribution in [0.3, 0.4) is 0 Å². The van der Waals surface area contributed by atoms with Crippen molar-refractivity contribution in [2.75, 3.05) is 19.3 Å². The zero-order valence-electron chi connectivity index (χ0n) is 19.4. The summed E-state index contributed by atoms with van der Waals surface area (Å²) in [6.45, 7) is 0.740. The van der Waals surface area contributed by atoms with E-state index in [1.54, 1.807) is 18.2 Å². The maximum Gasteiger partial charge on any atom is 0.463 e. The molecule has 200 valence electrons. The molecule has 1 heterocycles. The molecular weight excluding hydrogens is 528 g/mol. The Kier molecular flexibility index (Phi) is 8.61. The summed E-state index contributed by atoms with van der Waals surface area (Å²) >= 11 is 1.03. The number of methoxy groups -OCH3 is 1. The predicted molar refractivity (Wildman–Crippen MR) is 125 cm³/mol. The molecule has 14 heteroatoms. The van der Waals surface area contributed by atoms with Gasteiger partial charge in [-0.1, -0.05) is 30.8 Å². The Hall–Kier alpha value is -3.42. The third-order valence-electron chi connectivity index (χ3n) is 5.21. The highest BCUT2D eigenvalue weighted by atomic mass is 32.2. The van der Waals surface area contributed by atoms with E-state index in [1.807, 2.05) is 6.92 Å². The zero-order valence-corrected chi connectivity index (χ0v) is 20.3. The van der Waals surface area contributed by atoms with Gasteiger partial charge in [0.05, 0.1) is 24.6 Å². The number of halogens is 6. The SMILES string of the molecule is CCC1SC(=O)N(Cc2ccc(NC(=O)C(F)(F)C(F)(F)F)cc2)N=C1c1ccc(OC)c(OCF)c1. The van der Waals surface area contributed by atoms with Crippen molar-refractivity contribution in [3.8, 4) is 11.5 Å². The summed E-state index contributed by atoms with van der Waals surface area (Å²) in [5.74, 6) is -7.60. The maximum absolute atomic E-state index is 13.2. The zero-order chi connectivity index (χ0) is 27.4. The first-order valence-corrected chi connectivity index (χ1v) is 11.6. The van der Waals surface area contributed by atoms with Crippen molar-refractivity contribution in [2.24, 2.45) is 5.10 Å². The van der Waals surface area contributed by atoms with E-state index in [4.69, 9.17) is 9.47 Å². The maximum atomic E-state index is 13.2. The van der Waals surface area contributed by atoms with E-state index in [9.17, 15) is 35.9 Å². The molecule has 1 unspecified atom stereocenters. The number of alkyl halides is 6. The molecule has 37 heavy (non-hydrogen) atoms. The number of hydrogen-bond acceptors (Lipinski definition) is 6. The lowest BCUT2D eigenvalue weighted by Crippen LogP contribution is -2.47. The van der Waals surface area contributed by atoms with E-state index in [-0.39, 0.29) is 28.5 Å². The van der Waals surface area contributed by atoms with E-state index >= 15 is 0 Å². The van der Waals surface area contributed by atoms with Crippen LogP contribution in [0.4, 0.5) is 36.8 Å². The molecule has 0 saturated heterocycles. The topological polar surface area (TPSA) is 80.2 Å². The molecule has 1 aliphatic heterocycles.